The molecule has 7 nitrogen and oxygen atoms in total. The fraction of sp³-hybridized carbons (Fsp3) is 0.150. The first kappa shape index (κ1) is 16.8. The number of rotatable bonds is 4. The van der Waals surface area contributed by atoms with Gasteiger partial charge in [0.15, 0.2) is 0 Å². The van der Waals surface area contributed by atoms with Crippen LogP contribution in [0.4, 0.5) is 17.5 Å². The van der Waals surface area contributed by atoms with Crippen molar-refractivity contribution in [1.29, 1.82) is 0 Å². The van der Waals surface area contributed by atoms with Gasteiger partial charge in [-0.1, -0.05) is 30.3 Å². The highest BCUT2D eigenvalue weighted by molar-refractivity contribution is 5.97. The van der Waals surface area contributed by atoms with Crippen LogP contribution in [0.5, 0.6) is 0 Å². The molecule has 1 aromatic heterocycles. The number of hydrogen-bond donors (Lipinski definition) is 3. The van der Waals surface area contributed by atoms with Crippen molar-refractivity contribution in [2.45, 2.75) is 13.0 Å². The van der Waals surface area contributed by atoms with Gasteiger partial charge in [0, 0.05) is 30.5 Å². The lowest BCUT2D eigenvalue weighted by Gasteiger charge is -2.20. The fourth-order valence-electron chi connectivity index (χ4n) is 3.58. The molecule has 1 aliphatic rings. The van der Waals surface area contributed by atoms with E-state index in [0.717, 1.165) is 40.9 Å². The third kappa shape index (κ3) is 3.03. The van der Waals surface area contributed by atoms with Crippen molar-refractivity contribution in [2.24, 2.45) is 0 Å². The molecule has 0 aliphatic carbocycles. The van der Waals surface area contributed by atoms with Gasteiger partial charge >= 0.3 is 5.97 Å². The predicted octanol–water partition coefficient (Wildman–Crippen LogP) is 2.57. The average molecular weight is 361 g/mol. The first-order valence-electron chi connectivity index (χ1n) is 8.61. The highest BCUT2D eigenvalue weighted by Gasteiger charge is 2.24. The van der Waals surface area contributed by atoms with E-state index in [0.29, 0.717) is 17.9 Å². The summed E-state index contributed by atoms with van der Waals surface area (Å²) in [6.07, 6.45) is 2.48. The smallest absolute Gasteiger partial charge is 0.336 e. The molecule has 0 unspecified atom stereocenters. The van der Waals surface area contributed by atoms with Crippen LogP contribution in [0.25, 0.3) is 11.1 Å². The number of aromatic nitrogens is 2. The summed E-state index contributed by atoms with van der Waals surface area (Å²) in [5, 5.41) is 9.53. The quantitative estimate of drug-likeness (QED) is 0.653. The van der Waals surface area contributed by atoms with Crippen LogP contribution < -0.4 is 16.4 Å². The molecule has 0 saturated carbocycles. The zero-order valence-corrected chi connectivity index (χ0v) is 14.6. The Bertz CT molecular complexity index is 1030. The van der Waals surface area contributed by atoms with Crippen molar-refractivity contribution < 1.29 is 9.90 Å². The summed E-state index contributed by atoms with van der Waals surface area (Å²) in [6, 6.07) is 13.1. The van der Waals surface area contributed by atoms with Gasteiger partial charge in [-0.05, 0) is 35.2 Å². The van der Waals surface area contributed by atoms with Crippen molar-refractivity contribution in [2.75, 3.05) is 22.9 Å². The lowest BCUT2D eigenvalue weighted by atomic mass is 9.94. The number of hydrogen-bond acceptors (Lipinski definition) is 6. The summed E-state index contributed by atoms with van der Waals surface area (Å²) >= 11 is 0. The zero-order valence-electron chi connectivity index (χ0n) is 14.6. The maximum atomic E-state index is 11.6. The Morgan fingerprint density at radius 1 is 1.11 bits per heavy atom. The van der Waals surface area contributed by atoms with Crippen LogP contribution in [0.15, 0.2) is 48.7 Å². The monoisotopic (exact) mass is 361 g/mol. The molecule has 27 heavy (non-hydrogen) atoms. The summed E-state index contributed by atoms with van der Waals surface area (Å²) in [5.74, 6) is -0.390. The van der Waals surface area contributed by atoms with Gasteiger partial charge in [-0.2, -0.15) is 4.98 Å². The van der Waals surface area contributed by atoms with Crippen molar-refractivity contribution in [3.8, 4) is 11.1 Å². The minimum Gasteiger partial charge on any atom is -0.478 e. The molecule has 2 aromatic carbocycles. The van der Waals surface area contributed by atoms with Gasteiger partial charge in [-0.3, -0.25) is 0 Å². The molecule has 3 aromatic rings. The molecule has 136 valence electrons. The molecule has 4 rings (SSSR count). The third-order valence-electron chi connectivity index (χ3n) is 4.85. The van der Waals surface area contributed by atoms with E-state index in [1.54, 1.807) is 18.3 Å². The van der Waals surface area contributed by atoms with E-state index >= 15 is 0 Å². The van der Waals surface area contributed by atoms with Crippen molar-refractivity contribution in [3.63, 3.8) is 0 Å². The van der Waals surface area contributed by atoms with E-state index in [-0.39, 0.29) is 5.95 Å². The second-order valence-electron chi connectivity index (χ2n) is 6.46. The highest BCUT2D eigenvalue weighted by Crippen LogP contribution is 2.38. The number of fused-ring (bicyclic) bond motifs is 1. The minimum absolute atomic E-state index is 0.158. The summed E-state index contributed by atoms with van der Waals surface area (Å²) in [4.78, 5) is 21.9. The van der Waals surface area contributed by atoms with E-state index in [4.69, 9.17) is 11.5 Å². The van der Waals surface area contributed by atoms with Gasteiger partial charge in [0.05, 0.1) is 5.56 Å². The number of nitrogens with two attached hydrogens (primary N) is 2. The topological polar surface area (TPSA) is 118 Å². The van der Waals surface area contributed by atoms with Crippen molar-refractivity contribution in [1.82, 2.24) is 9.97 Å². The van der Waals surface area contributed by atoms with E-state index in [2.05, 4.69) is 14.9 Å². The fourth-order valence-corrected chi connectivity index (χ4v) is 3.58. The number of nitrogens with zero attached hydrogens (tertiary/aromatic N) is 3. The molecular formula is C20H19N5O2. The number of benzene rings is 2. The van der Waals surface area contributed by atoms with Gasteiger partial charge in [0.1, 0.15) is 5.82 Å². The largest absolute Gasteiger partial charge is 0.478 e. The van der Waals surface area contributed by atoms with Gasteiger partial charge < -0.3 is 21.5 Å². The maximum Gasteiger partial charge on any atom is 0.336 e. The van der Waals surface area contributed by atoms with Crippen LogP contribution in [0.1, 0.15) is 21.5 Å². The molecule has 0 bridgehead atoms. The summed E-state index contributed by atoms with van der Waals surface area (Å²) in [5.41, 5.74) is 16.6. The molecule has 0 spiro atoms. The number of carboxylic acids is 1. The molecule has 2 heterocycles. The zero-order chi connectivity index (χ0) is 19.0. The van der Waals surface area contributed by atoms with Gasteiger partial charge in [-0.15, -0.1) is 0 Å². The Morgan fingerprint density at radius 2 is 1.89 bits per heavy atom. The molecule has 0 saturated heterocycles. The third-order valence-corrected chi connectivity index (χ3v) is 4.85. The number of nitrogen functional groups attached to an aromatic ring is 2. The molecule has 0 amide bonds. The number of anilines is 3. The molecule has 0 radical (unpaired) electrons. The average Bonchev–Trinajstić information content (AvgIpc) is 3.07. The Labute approximate surface area is 156 Å². The highest BCUT2D eigenvalue weighted by atomic mass is 16.4. The lowest BCUT2D eigenvalue weighted by Crippen LogP contribution is -2.21. The van der Waals surface area contributed by atoms with Gasteiger partial charge in [0.25, 0.3) is 0 Å². The van der Waals surface area contributed by atoms with Crippen molar-refractivity contribution >= 4 is 23.4 Å². The number of carboxylic acid groups (broad SMARTS) is 1. The predicted molar refractivity (Wildman–Crippen MR) is 104 cm³/mol. The molecule has 1 aliphatic heterocycles. The second-order valence-corrected chi connectivity index (χ2v) is 6.46. The Hall–Kier alpha value is -3.61. The maximum absolute atomic E-state index is 11.6. The summed E-state index contributed by atoms with van der Waals surface area (Å²) in [7, 11) is 0. The van der Waals surface area contributed by atoms with E-state index in [9.17, 15) is 9.90 Å². The van der Waals surface area contributed by atoms with Gasteiger partial charge in [0.2, 0.25) is 5.95 Å². The lowest BCUT2D eigenvalue weighted by molar-refractivity contribution is 0.0697. The first-order chi connectivity index (χ1) is 13.0. The van der Waals surface area contributed by atoms with E-state index in [1.807, 2.05) is 30.3 Å². The molecule has 0 atom stereocenters. The minimum atomic E-state index is -0.926. The number of aromatic carboxylic acids is 1. The van der Waals surface area contributed by atoms with Crippen LogP contribution in [-0.4, -0.2) is 27.6 Å². The van der Waals surface area contributed by atoms with Gasteiger partial charge in [-0.25, -0.2) is 9.78 Å². The SMILES string of the molecule is Nc1ncc(CN2CCc3c(-c4ccccc4C(=O)O)cccc32)c(N)n1. The summed E-state index contributed by atoms with van der Waals surface area (Å²) in [6.45, 7) is 1.38. The molecule has 7 heteroatoms. The standard InChI is InChI=1S/C20H19N5O2/c21-18-12(10-23-20(22)24-18)11-25-9-8-15-13(6-3-7-17(15)25)14-4-1-2-5-16(14)19(26)27/h1-7,10H,8-9,11H2,(H,26,27)(H4,21,22,23,24). The first-order valence-corrected chi connectivity index (χ1v) is 8.61. The second kappa shape index (κ2) is 6.60. The van der Waals surface area contributed by atoms with Crippen LogP contribution in [0, 0.1) is 0 Å². The normalized spacial score (nSPS) is 12.8. The Morgan fingerprint density at radius 3 is 2.67 bits per heavy atom. The molecular weight excluding hydrogens is 342 g/mol. The van der Waals surface area contributed by atoms with Crippen molar-refractivity contribution in [3.05, 3.63) is 65.4 Å². The van der Waals surface area contributed by atoms with Crippen LogP contribution in [-0.2, 0) is 13.0 Å². The molecule has 0 fully saturated rings. The molecule has 5 N–H and O–H groups in total. The van der Waals surface area contributed by atoms with E-state index in [1.165, 1.54) is 0 Å². The number of carbonyl (C=O) groups is 1. The van der Waals surface area contributed by atoms with Crippen LogP contribution in [0.3, 0.4) is 0 Å². The Balaban J connectivity index is 1.72. The summed E-state index contributed by atoms with van der Waals surface area (Å²) < 4.78 is 0. The van der Waals surface area contributed by atoms with Crippen LogP contribution >= 0.6 is 0 Å². The Kier molecular flexibility index (Phi) is 4.12. The van der Waals surface area contributed by atoms with Crippen LogP contribution in [0.2, 0.25) is 0 Å². The van der Waals surface area contributed by atoms with E-state index < -0.39 is 5.97 Å².